The lowest BCUT2D eigenvalue weighted by Crippen LogP contribution is -2.40. The molecule has 7 heteroatoms. The number of likely N-dealkylation sites (tertiary alicyclic amines) is 1. The normalized spacial score (nSPS) is 18.7. The molecule has 128 valence electrons. The van der Waals surface area contributed by atoms with Crippen LogP contribution in [0.4, 0.5) is 0 Å². The Bertz CT molecular complexity index is 628. The van der Waals surface area contributed by atoms with Crippen LogP contribution in [0.25, 0.3) is 0 Å². The van der Waals surface area contributed by atoms with E-state index in [2.05, 4.69) is 11.6 Å². The van der Waals surface area contributed by atoms with Crippen LogP contribution in [0.3, 0.4) is 0 Å². The Morgan fingerprint density at radius 1 is 1.35 bits per heavy atom. The van der Waals surface area contributed by atoms with E-state index in [1.165, 1.54) is 19.2 Å². The van der Waals surface area contributed by atoms with Gasteiger partial charge < -0.3 is 9.64 Å². The summed E-state index contributed by atoms with van der Waals surface area (Å²) in [5, 5.41) is 0. The van der Waals surface area contributed by atoms with Gasteiger partial charge in [0.25, 0.3) is 0 Å². The quantitative estimate of drug-likeness (QED) is 0.854. The first kappa shape index (κ1) is 17.7. The summed E-state index contributed by atoms with van der Waals surface area (Å²) in [5.74, 6) is 1.12. The predicted octanol–water partition coefficient (Wildman–Crippen LogP) is 1.62. The van der Waals surface area contributed by atoms with Crippen LogP contribution in [0.15, 0.2) is 29.2 Å². The maximum atomic E-state index is 12.2. The minimum absolute atomic E-state index is 0.00832. The number of ether oxygens (including phenoxy) is 1. The van der Waals surface area contributed by atoms with Crippen molar-refractivity contribution in [2.45, 2.75) is 31.1 Å². The molecule has 1 aromatic rings. The maximum Gasteiger partial charge on any atom is 0.240 e. The van der Waals surface area contributed by atoms with Gasteiger partial charge in [-0.15, -0.1) is 0 Å². The number of rotatable bonds is 6. The van der Waals surface area contributed by atoms with Gasteiger partial charge in [-0.2, -0.15) is 0 Å². The van der Waals surface area contributed by atoms with E-state index in [9.17, 15) is 13.2 Å². The zero-order valence-electron chi connectivity index (χ0n) is 13.6. The number of piperidine rings is 1. The maximum absolute atomic E-state index is 12.2. The summed E-state index contributed by atoms with van der Waals surface area (Å²) in [4.78, 5) is 14.1. The third-order valence-corrected chi connectivity index (χ3v) is 5.49. The molecule has 1 amide bonds. The number of methoxy groups -OCH3 is 1. The lowest BCUT2D eigenvalue weighted by atomic mass is 10.0. The van der Waals surface area contributed by atoms with Gasteiger partial charge in [0.05, 0.1) is 12.0 Å². The molecule has 0 bridgehead atoms. The highest BCUT2D eigenvalue weighted by atomic mass is 32.2. The van der Waals surface area contributed by atoms with E-state index in [0.717, 1.165) is 25.9 Å². The van der Waals surface area contributed by atoms with Crippen molar-refractivity contribution < 1.29 is 17.9 Å². The highest BCUT2D eigenvalue weighted by molar-refractivity contribution is 7.89. The predicted molar refractivity (Wildman–Crippen MR) is 87.8 cm³/mol. The number of nitrogens with one attached hydrogen (secondary N) is 1. The fourth-order valence-corrected chi connectivity index (χ4v) is 3.74. The Kier molecular flexibility index (Phi) is 6.01. The van der Waals surface area contributed by atoms with Crippen molar-refractivity contribution in [3.8, 4) is 5.75 Å². The lowest BCUT2D eigenvalue weighted by molar-refractivity contribution is -0.132. The Balaban J connectivity index is 1.85. The van der Waals surface area contributed by atoms with E-state index >= 15 is 0 Å². The fraction of sp³-hybridized carbons (Fsp3) is 0.562. The zero-order valence-corrected chi connectivity index (χ0v) is 14.4. The molecule has 1 heterocycles. The number of hydrogen-bond acceptors (Lipinski definition) is 4. The minimum atomic E-state index is -3.60. The van der Waals surface area contributed by atoms with E-state index in [1.54, 1.807) is 12.1 Å². The van der Waals surface area contributed by atoms with Crippen LogP contribution in [0, 0.1) is 5.92 Å². The van der Waals surface area contributed by atoms with E-state index in [-0.39, 0.29) is 23.8 Å². The van der Waals surface area contributed by atoms with Gasteiger partial charge in [0.2, 0.25) is 15.9 Å². The Labute approximate surface area is 137 Å². The van der Waals surface area contributed by atoms with Crippen molar-refractivity contribution >= 4 is 15.9 Å². The molecule has 0 spiro atoms. The highest BCUT2D eigenvalue weighted by Crippen LogP contribution is 2.17. The van der Waals surface area contributed by atoms with Crippen LogP contribution in [-0.2, 0) is 14.8 Å². The number of hydrogen-bond donors (Lipinski definition) is 1. The van der Waals surface area contributed by atoms with Crippen LogP contribution in [-0.4, -0.2) is 46.0 Å². The molecule has 0 radical (unpaired) electrons. The molecule has 1 aromatic carbocycles. The van der Waals surface area contributed by atoms with Crippen LogP contribution < -0.4 is 9.46 Å². The number of carbonyl (C=O) groups excluding carboxylic acids is 1. The molecule has 1 aliphatic heterocycles. The van der Waals surface area contributed by atoms with Crippen molar-refractivity contribution in [1.82, 2.24) is 9.62 Å². The fourth-order valence-electron chi connectivity index (χ4n) is 2.70. The van der Waals surface area contributed by atoms with Crippen molar-refractivity contribution in [1.29, 1.82) is 0 Å². The second-order valence-corrected chi connectivity index (χ2v) is 7.68. The van der Waals surface area contributed by atoms with E-state index in [4.69, 9.17) is 4.74 Å². The molecule has 2 rings (SSSR count). The second kappa shape index (κ2) is 7.79. The molecular formula is C16H24N2O4S. The van der Waals surface area contributed by atoms with E-state index in [0.29, 0.717) is 11.7 Å². The molecular weight excluding hydrogens is 316 g/mol. The van der Waals surface area contributed by atoms with Crippen molar-refractivity contribution in [2.75, 3.05) is 26.7 Å². The molecule has 6 nitrogen and oxygen atoms in total. The Morgan fingerprint density at radius 3 is 2.65 bits per heavy atom. The summed E-state index contributed by atoms with van der Waals surface area (Å²) in [6.45, 7) is 3.78. The summed E-state index contributed by atoms with van der Waals surface area (Å²) in [6.07, 6.45) is 2.35. The van der Waals surface area contributed by atoms with Crippen LogP contribution in [0.1, 0.15) is 26.2 Å². The van der Waals surface area contributed by atoms with Gasteiger partial charge in [-0.1, -0.05) is 6.92 Å². The van der Waals surface area contributed by atoms with Gasteiger partial charge in [0.1, 0.15) is 5.75 Å². The number of sulfonamides is 1. The summed E-state index contributed by atoms with van der Waals surface area (Å²) in [7, 11) is -2.08. The minimum Gasteiger partial charge on any atom is -0.497 e. The molecule has 0 aromatic heterocycles. The third-order valence-electron chi connectivity index (χ3n) is 4.01. The molecule has 1 atom stereocenters. The monoisotopic (exact) mass is 340 g/mol. The number of amides is 1. The first-order valence-corrected chi connectivity index (χ1v) is 9.32. The van der Waals surface area contributed by atoms with Gasteiger partial charge in [-0.25, -0.2) is 13.1 Å². The highest BCUT2D eigenvalue weighted by Gasteiger charge is 2.21. The van der Waals surface area contributed by atoms with Crippen LogP contribution in [0.2, 0.25) is 0 Å². The summed E-state index contributed by atoms with van der Waals surface area (Å²) in [6, 6.07) is 6.15. The Hall–Kier alpha value is -1.60. The topological polar surface area (TPSA) is 75.7 Å². The van der Waals surface area contributed by atoms with Crippen molar-refractivity contribution in [3.63, 3.8) is 0 Å². The molecule has 23 heavy (non-hydrogen) atoms. The molecule has 0 saturated carbocycles. The van der Waals surface area contributed by atoms with Gasteiger partial charge in [0, 0.05) is 26.1 Å². The van der Waals surface area contributed by atoms with E-state index < -0.39 is 10.0 Å². The first-order chi connectivity index (χ1) is 10.9. The number of nitrogens with zero attached hydrogens (tertiary/aromatic N) is 1. The number of benzene rings is 1. The van der Waals surface area contributed by atoms with Crippen molar-refractivity contribution in [3.05, 3.63) is 24.3 Å². The third kappa shape index (κ3) is 4.94. The molecule has 1 aliphatic rings. The second-order valence-electron chi connectivity index (χ2n) is 5.91. The van der Waals surface area contributed by atoms with Crippen LogP contribution >= 0.6 is 0 Å². The van der Waals surface area contributed by atoms with E-state index in [1.807, 2.05) is 4.90 Å². The van der Waals surface area contributed by atoms with Gasteiger partial charge in [-0.3, -0.25) is 4.79 Å². The molecule has 0 aliphatic carbocycles. The summed E-state index contributed by atoms with van der Waals surface area (Å²) >= 11 is 0. The van der Waals surface area contributed by atoms with Gasteiger partial charge in [-0.05, 0) is 43.0 Å². The van der Waals surface area contributed by atoms with Crippen molar-refractivity contribution in [2.24, 2.45) is 5.92 Å². The van der Waals surface area contributed by atoms with Gasteiger partial charge in [0.15, 0.2) is 0 Å². The average Bonchev–Trinajstić information content (AvgIpc) is 2.54. The smallest absolute Gasteiger partial charge is 0.240 e. The Morgan fingerprint density at radius 2 is 2.04 bits per heavy atom. The molecule has 1 saturated heterocycles. The summed E-state index contributed by atoms with van der Waals surface area (Å²) in [5.41, 5.74) is 0. The largest absolute Gasteiger partial charge is 0.497 e. The zero-order chi connectivity index (χ0) is 16.9. The van der Waals surface area contributed by atoms with Gasteiger partial charge >= 0.3 is 0 Å². The summed E-state index contributed by atoms with van der Waals surface area (Å²) < 4.78 is 31.8. The SMILES string of the molecule is COc1ccc(S(=O)(=O)NCCC(=O)N2CCC[C@@H](C)C2)cc1. The number of carbonyl (C=O) groups is 1. The molecule has 1 N–H and O–H groups in total. The standard InChI is InChI=1S/C16H24N2O4S/c1-13-4-3-11-18(12-13)16(19)9-10-17-23(20,21)15-7-5-14(22-2)6-8-15/h5-8,13,17H,3-4,9-12H2,1-2H3/t13-/m1/s1. The average molecular weight is 340 g/mol. The van der Waals surface area contributed by atoms with Crippen LogP contribution in [0.5, 0.6) is 5.75 Å². The lowest BCUT2D eigenvalue weighted by Gasteiger charge is -2.31. The molecule has 0 unspecified atom stereocenters. The molecule has 1 fully saturated rings. The first-order valence-electron chi connectivity index (χ1n) is 7.84.